The lowest BCUT2D eigenvalue weighted by Gasteiger charge is -2.23. The standard InChI is InChI=1S/C23H29N7O5S/c1-5-14(25-6-2)13-9-11(3)30(12(13)4)23(35)19-15(32)7-8-16(26-19)27-22-18(21(34)29-36-22)20(24)28-17(33)10-31/h5,7-8,11,17,31-33H,1,6,9-10H2,2-4H3,(H2,24,28)(H,26,27)(H,29,34)/b25-14-. The summed E-state index contributed by atoms with van der Waals surface area (Å²) in [6.45, 7) is 9.39. The van der Waals surface area contributed by atoms with Crippen LogP contribution in [0, 0.1) is 5.41 Å². The summed E-state index contributed by atoms with van der Waals surface area (Å²) in [5.41, 5.74) is 2.10. The first-order valence-electron chi connectivity index (χ1n) is 11.1. The number of carbonyl (C=O) groups is 1. The van der Waals surface area contributed by atoms with Gasteiger partial charge in [0, 0.05) is 18.3 Å². The van der Waals surface area contributed by atoms with Gasteiger partial charge in [-0.2, -0.15) is 4.37 Å². The van der Waals surface area contributed by atoms with E-state index >= 15 is 0 Å². The third-order valence-corrected chi connectivity index (χ3v) is 6.27. The molecule has 1 amide bonds. The normalized spacial score (nSPS) is 16.8. The molecule has 0 aliphatic carbocycles. The number of aliphatic imine (C=N–C) groups is 1. The number of aromatic nitrogens is 2. The van der Waals surface area contributed by atoms with Crippen LogP contribution in [0.2, 0.25) is 0 Å². The van der Waals surface area contributed by atoms with E-state index in [9.17, 15) is 20.1 Å². The molecule has 7 N–H and O–H groups in total. The minimum absolute atomic E-state index is 0.0565. The van der Waals surface area contributed by atoms with Crippen molar-refractivity contribution in [1.82, 2.24) is 19.6 Å². The lowest BCUT2D eigenvalue weighted by Crippen LogP contribution is -2.37. The molecule has 13 heteroatoms. The van der Waals surface area contributed by atoms with E-state index in [0.29, 0.717) is 18.7 Å². The van der Waals surface area contributed by atoms with E-state index in [-0.39, 0.29) is 39.7 Å². The van der Waals surface area contributed by atoms with Crippen LogP contribution in [-0.2, 0) is 0 Å². The van der Waals surface area contributed by atoms with Gasteiger partial charge in [0.25, 0.3) is 5.91 Å². The van der Waals surface area contributed by atoms with Gasteiger partial charge >= 0.3 is 0 Å². The molecule has 0 aromatic carbocycles. The summed E-state index contributed by atoms with van der Waals surface area (Å²) in [5.74, 6) is -1.50. The van der Waals surface area contributed by atoms with Crippen molar-refractivity contribution in [2.45, 2.75) is 39.5 Å². The Morgan fingerprint density at radius 3 is 2.81 bits per heavy atom. The number of aromatic hydroxyl groups is 2. The minimum atomic E-state index is -1.41. The number of nitrogens with zero attached hydrogens (tertiary/aromatic N) is 4. The van der Waals surface area contributed by atoms with E-state index in [2.05, 4.69) is 31.6 Å². The van der Waals surface area contributed by atoms with Crippen molar-refractivity contribution in [3.05, 3.63) is 47.3 Å². The molecular weight excluding hydrogens is 486 g/mol. The number of hydrogen-bond acceptors (Lipinski definition) is 11. The molecule has 2 atom stereocenters. The molecule has 2 aromatic rings. The zero-order valence-corrected chi connectivity index (χ0v) is 20.9. The predicted octanol–water partition coefficient (Wildman–Crippen LogP) is 2.07. The number of anilines is 2. The minimum Gasteiger partial charge on any atom is -0.505 e. The van der Waals surface area contributed by atoms with Gasteiger partial charge in [0.15, 0.2) is 5.69 Å². The average molecular weight is 516 g/mol. The average Bonchev–Trinajstić information content (AvgIpc) is 3.36. The molecule has 0 saturated heterocycles. The maximum Gasteiger partial charge on any atom is 0.280 e. The Bertz CT molecular complexity index is 1240. The maximum atomic E-state index is 13.5. The van der Waals surface area contributed by atoms with Crippen LogP contribution in [0.3, 0.4) is 0 Å². The zero-order valence-electron chi connectivity index (χ0n) is 20.1. The smallest absolute Gasteiger partial charge is 0.280 e. The number of amides is 1. The highest BCUT2D eigenvalue weighted by molar-refractivity contribution is 7.11. The molecule has 0 saturated carbocycles. The van der Waals surface area contributed by atoms with E-state index in [4.69, 9.17) is 10.5 Å². The number of amidine groups is 1. The summed E-state index contributed by atoms with van der Waals surface area (Å²) < 4.78 is 3.80. The summed E-state index contributed by atoms with van der Waals surface area (Å²) in [6.07, 6.45) is 0.838. The Morgan fingerprint density at radius 1 is 1.44 bits per heavy atom. The molecule has 0 spiro atoms. The van der Waals surface area contributed by atoms with Crippen molar-refractivity contribution in [1.29, 1.82) is 5.41 Å². The van der Waals surface area contributed by atoms with Gasteiger partial charge in [-0.3, -0.25) is 15.2 Å². The number of hydrogen-bond donors (Lipinski definition) is 7. The first-order valence-corrected chi connectivity index (χ1v) is 11.9. The number of aliphatic hydroxyl groups is 2. The third-order valence-electron chi connectivity index (χ3n) is 5.51. The van der Waals surface area contributed by atoms with E-state index in [0.717, 1.165) is 22.8 Å². The number of carbonyl (C=O) groups excluding carboxylic acids is 1. The summed E-state index contributed by atoms with van der Waals surface area (Å²) >= 11 is 0.825. The van der Waals surface area contributed by atoms with Crippen LogP contribution < -0.4 is 10.6 Å². The second-order valence-electron chi connectivity index (χ2n) is 7.97. The Hall–Kier alpha value is -3.81. The SMILES string of the molecule is C=C/C(=N/CC)C1=C(C)N(C(=O)c2nc(Nc3snc(O)c3C(=N)NC(O)CO)ccc2O)C(C)C1. The Labute approximate surface area is 212 Å². The molecule has 1 aliphatic heterocycles. The van der Waals surface area contributed by atoms with Crippen LogP contribution in [0.15, 0.2) is 41.1 Å². The van der Waals surface area contributed by atoms with E-state index < -0.39 is 24.6 Å². The number of pyridine rings is 1. The predicted molar refractivity (Wildman–Crippen MR) is 137 cm³/mol. The van der Waals surface area contributed by atoms with Crippen molar-refractivity contribution < 1.29 is 25.2 Å². The number of allylic oxidation sites excluding steroid dienone is 2. The maximum absolute atomic E-state index is 13.5. The first kappa shape index (κ1) is 26.8. The first-order chi connectivity index (χ1) is 17.1. The molecular formula is C23H29N7O5S. The molecule has 1 aliphatic rings. The quantitative estimate of drug-likeness (QED) is 0.149. The van der Waals surface area contributed by atoms with Gasteiger partial charge < -0.3 is 36.0 Å². The topological polar surface area (TPSA) is 187 Å². The van der Waals surface area contributed by atoms with Crippen molar-refractivity contribution in [3.8, 4) is 11.6 Å². The largest absolute Gasteiger partial charge is 0.505 e. The highest BCUT2D eigenvalue weighted by Crippen LogP contribution is 2.35. The molecule has 36 heavy (non-hydrogen) atoms. The number of aliphatic hydroxyl groups excluding tert-OH is 2. The fourth-order valence-electron chi connectivity index (χ4n) is 3.89. The van der Waals surface area contributed by atoms with E-state index in [1.807, 2.05) is 20.8 Å². The number of rotatable bonds is 9. The molecule has 12 nitrogen and oxygen atoms in total. The fourth-order valence-corrected chi connectivity index (χ4v) is 4.60. The highest BCUT2D eigenvalue weighted by atomic mass is 32.1. The molecule has 3 rings (SSSR count). The number of nitrogens with one attached hydrogen (secondary N) is 3. The van der Waals surface area contributed by atoms with Crippen LogP contribution in [0.25, 0.3) is 0 Å². The molecule has 3 heterocycles. The van der Waals surface area contributed by atoms with Gasteiger partial charge in [-0.1, -0.05) is 6.58 Å². The molecule has 0 radical (unpaired) electrons. The lowest BCUT2D eigenvalue weighted by atomic mass is 10.1. The summed E-state index contributed by atoms with van der Waals surface area (Å²) in [6, 6.07) is 2.55. The molecule has 2 aromatic heterocycles. The Morgan fingerprint density at radius 2 is 2.17 bits per heavy atom. The van der Waals surface area contributed by atoms with Crippen molar-refractivity contribution in [2.75, 3.05) is 18.5 Å². The summed E-state index contributed by atoms with van der Waals surface area (Å²) in [7, 11) is 0. The zero-order chi connectivity index (χ0) is 26.6. The van der Waals surface area contributed by atoms with Crippen LogP contribution in [-0.4, -0.2) is 77.6 Å². The van der Waals surface area contributed by atoms with Crippen molar-refractivity contribution in [3.63, 3.8) is 0 Å². The van der Waals surface area contributed by atoms with Gasteiger partial charge in [0.2, 0.25) is 5.88 Å². The van der Waals surface area contributed by atoms with Crippen molar-refractivity contribution >= 4 is 39.8 Å². The summed E-state index contributed by atoms with van der Waals surface area (Å²) in [5, 5.41) is 52.5. The van der Waals surface area contributed by atoms with Crippen LogP contribution in [0.5, 0.6) is 11.6 Å². The molecule has 0 fully saturated rings. The Kier molecular flexibility index (Phi) is 8.40. The lowest BCUT2D eigenvalue weighted by molar-refractivity contribution is 0.0767. The highest BCUT2D eigenvalue weighted by Gasteiger charge is 2.34. The van der Waals surface area contributed by atoms with Gasteiger partial charge in [-0.15, -0.1) is 0 Å². The van der Waals surface area contributed by atoms with Crippen molar-refractivity contribution in [2.24, 2.45) is 4.99 Å². The summed E-state index contributed by atoms with van der Waals surface area (Å²) in [4.78, 5) is 23.8. The van der Waals surface area contributed by atoms with Crippen LogP contribution in [0.4, 0.5) is 10.8 Å². The van der Waals surface area contributed by atoms with E-state index in [1.165, 1.54) is 12.1 Å². The fraction of sp³-hybridized carbons (Fsp3) is 0.348. The van der Waals surface area contributed by atoms with Crippen LogP contribution in [0.1, 0.15) is 43.2 Å². The van der Waals surface area contributed by atoms with E-state index in [1.54, 1.807) is 11.0 Å². The van der Waals surface area contributed by atoms with Gasteiger partial charge in [-0.25, -0.2) is 4.98 Å². The second-order valence-corrected chi connectivity index (χ2v) is 8.75. The third kappa shape index (κ3) is 5.37. The van der Waals surface area contributed by atoms with Gasteiger partial charge in [0.05, 0.1) is 12.3 Å². The van der Waals surface area contributed by atoms with Gasteiger partial charge in [0.1, 0.15) is 34.2 Å². The Balaban J connectivity index is 1.92. The van der Waals surface area contributed by atoms with Crippen LogP contribution >= 0.6 is 11.5 Å². The van der Waals surface area contributed by atoms with Gasteiger partial charge in [-0.05, 0) is 62.5 Å². The molecule has 0 bridgehead atoms. The second kappa shape index (κ2) is 11.3. The molecule has 2 unspecified atom stereocenters. The monoisotopic (exact) mass is 515 g/mol. The molecule has 192 valence electrons.